The monoisotopic (exact) mass is 453 g/mol. The lowest BCUT2D eigenvalue weighted by Crippen LogP contribution is -2.30. The molecule has 0 aliphatic heterocycles. The van der Waals surface area contributed by atoms with Crippen molar-refractivity contribution in [3.8, 4) is 6.07 Å². The van der Waals surface area contributed by atoms with Crippen LogP contribution in [0.1, 0.15) is 53.7 Å². The van der Waals surface area contributed by atoms with E-state index in [-0.39, 0.29) is 22.3 Å². The third kappa shape index (κ3) is 4.21. The second kappa shape index (κ2) is 8.40. The topological polar surface area (TPSA) is 114 Å². The van der Waals surface area contributed by atoms with E-state index >= 15 is 0 Å². The molecular formula is C23H23N3O3S2. The summed E-state index contributed by atoms with van der Waals surface area (Å²) in [6.45, 7) is 0. The first-order valence-electron chi connectivity index (χ1n) is 10.2. The molecule has 0 saturated heterocycles. The standard InChI is InChI=1S/C23H23N3O3S2/c1-31(28,29)19-11-10-15(12-16(19)13-24)20(22(25)27)21(14-6-2-3-7-14)23-26-17-8-4-5-9-18(17)30-23/h4-5,8-12,14,20-21H,2-3,6-7H2,1H3,(H2,25,27). The largest absolute Gasteiger partial charge is 0.369 e. The summed E-state index contributed by atoms with van der Waals surface area (Å²) < 4.78 is 25.1. The van der Waals surface area contributed by atoms with E-state index in [1.807, 2.05) is 30.3 Å². The number of amides is 1. The van der Waals surface area contributed by atoms with Crippen molar-refractivity contribution < 1.29 is 13.2 Å². The number of primary amides is 1. The maximum absolute atomic E-state index is 12.8. The highest BCUT2D eigenvalue weighted by atomic mass is 32.2. The van der Waals surface area contributed by atoms with Gasteiger partial charge in [-0.25, -0.2) is 13.4 Å². The van der Waals surface area contributed by atoms with E-state index in [2.05, 4.69) is 0 Å². The van der Waals surface area contributed by atoms with Crippen LogP contribution < -0.4 is 5.73 Å². The van der Waals surface area contributed by atoms with Crippen molar-refractivity contribution in [1.29, 1.82) is 5.26 Å². The first kappa shape index (κ1) is 21.5. The van der Waals surface area contributed by atoms with Gasteiger partial charge in [0.15, 0.2) is 9.84 Å². The molecule has 160 valence electrons. The fourth-order valence-electron chi connectivity index (χ4n) is 4.67. The maximum Gasteiger partial charge on any atom is 0.225 e. The molecule has 2 unspecified atom stereocenters. The van der Waals surface area contributed by atoms with Gasteiger partial charge in [-0.05, 0) is 48.6 Å². The van der Waals surface area contributed by atoms with Crippen LogP contribution in [0.5, 0.6) is 0 Å². The molecule has 0 spiro atoms. The highest BCUT2D eigenvalue weighted by Crippen LogP contribution is 2.47. The molecule has 2 N–H and O–H groups in total. The Hall–Kier alpha value is -2.76. The number of carbonyl (C=O) groups excluding carboxylic acids is 1. The Bertz CT molecular complexity index is 1250. The molecule has 6 nitrogen and oxygen atoms in total. The smallest absolute Gasteiger partial charge is 0.225 e. The minimum absolute atomic E-state index is 0.0284. The Labute approximate surface area is 185 Å². The van der Waals surface area contributed by atoms with Crippen molar-refractivity contribution >= 4 is 37.3 Å². The Morgan fingerprint density at radius 2 is 1.94 bits per heavy atom. The quantitative estimate of drug-likeness (QED) is 0.603. The van der Waals surface area contributed by atoms with Crippen LogP contribution in [-0.2, 0) is 14.6 Å². The van der Waals surface area contributed by atoms with Gasteiger partial charge >= 0.3 is 0 Å². The summed E-state index contributed by atoms with van der Waals surface area (Å²) in [5, 5.41) is 10.4. The van der Waals surface area contributed by atoms with Gasteiger partial charge in [0.05, 0.1) is 31.6 Å². The number of nitrogens with two attached hydrogens (primary N) is 1. The average Bonchev–Trinajstić information content (AvgIpc) is 3.40. The van der Waals surface area contributed by atoms with Crippen LogP contribution in [0.15, 0.2) is 47.4 Å². The highest BCUT2D eigenvalue weighted by Gasteiger charge is 2.39. The minimum atomic E-state index is -3.56. The molecule has 31 heavy (non-hydrogen) atoms. The molecule has 1 amide bonds. The summed E-state index contributed by atoms with van der Waals surface area (Å²) in [6, 6.07) is 14.3. The molecule has 3 aromatic rings. The van der Waals surface area contributed by atoms with Gasteiger partial charge in [0.1, 0.15) is 6.07 Å². The van der Waals surface area contributed by atoms with Gasteiger partial charge in [-0.15, -0.1) is 11.3 Å². The number of hydrogen-bond donors (Lipinski definition) is 1. The fourth-order valence-corrected chi connectivity index (χ4v) is 6.68. The fraction of sp³-hybridized carbons (Fsp3) is 0.348. The Balaban J connectivity index is 1.87. The lowest BCUT2D eigenvalue weighted by atomic mass is 9.76. The molecule has 8 heteroatoms. The highest BCUT2D eigenvalue weighted by molar-refractivity contribution is 7.90. The summed E-state index contributed by atoms with van der Waals surface area (Å²) >= 11 is 1.57. The zero-order valence-corrected chi connectivity index (χ0v) is 18.7. The van der Waals surface area contributed by atoms with Gasteiger partial charge in [-0.2, -0.15) is 5.26 Å². The summed E-state index contributed by atoms with van der Waals surface area (Å²) in [5.41, 5.74) is 7.40. The zero-order valence-electron chi connectivity index (χ0n) is 17.1. The summed E-state index contributed by atoms with van der Waals surface area (Å²) in [5.74, 6) is -1.15. The van der Waals surface area contributed by atoms with Gasteiger partial charge in [0.25, 0.3) is 0 Å². The molecule has 2 atom stereocenters. The second-order valence-electron chi connectivity index (χ2n) is 8.11. The number of thiazole rings is 1. The van der Waals surface area contributed by atoms with Crippen LogP contribution in [-0.4, -0.2) is 25.6 Å². The lowest BCUT2D eigenvalue weighted by Gasteiger charge is -2.29. The Morgan fingerprint density at radius 3 is 2.55 bits per heavy atom. The first-order chi connectivity index (χ1) is 14.8. The molecule has 0 bridgehead atoms. The number of para-hydroxylation sites is 1. The maximum atomic E-state index is 12.8. The second-order valence-corrected chi connectivity index (χ2v) is 11.2. The van der Waals surface area contributed by atoms with Crippen LogP contribution >= 0.6 is 11.3 Å². The normalized spacial score (nSPS) is 16.8. The molecule has 1 aromatic heterocycles. The van der Waals surface area contributed by atoms with Gasteiger partial charge in [-0.1, -0.05) is 31.0 Å². The van der Waals surface area contributed by atoms with E-state index in [1.165, 1.54) is 12.1 Å². The number of nitriles is 1. The predicted octanol–water partition coefficient (Wildman–Crippen LogP) is 4.11. The van der Waals surface area contributed by atoms with Crippen LogP contribution in [0, 0.1) is 17.2 Å². The van der Waals surface area contributed by atoms with E-state index in [0.29, 0.717) is 5.56 Å². The van der Waals surface area contributed by atoms with E-state index < -0.39 is 21.7 Å². The van der Waals surface area contributed by atoms with Gasteiger partial charge in [-0.3, -0.25) is 4.79 Å². The van der Waals surface area contributed by atoms with Crippen molar-refractivity contribution in [2.24, 2.45) is 11.7 Å². The number of sulfone groups is 1. The number of rotatable bonds is 6. The zero-order chi connectivity index (χ0) is 22.2. The number of benzene rings is 2. The Kier molecular flexibility index (Phi) is 5.82. The molecule has 0 radical (unpaired) electrons. The molecule has 1 fully saturated rings. The molecule has 1 heterocycles. The number of carbonyl (C=O) groups is 1. The van der Waals surface area contributed by atoms with E-state index in [9.17, 15) is 18.5 Å². The molecule has 1 saturated carbocycles. The van der Waals surface area contributed by atoms with Gasteiger partial charge in [0, 0.05) is 12.2 Å². The lowest BCUT2D eigenvalue weighted by molar-refractivity contribution is -0.120. The number of fused-ring (bicyclic) bond motifs is 1. The van der Waals surface area contributed by atoms with Crippen molar-refractivity contribution in [2.45, 2.75) is 42.4 Å². The summed E-state index contributed by atoms with van der Waals surface area (Å²) in [4.78, 5) is 17.6. The molecular weight excluding hydrogens is 430 g/mol. The first-order valence-corrected chi connectivity index (χ1v) is 12.9. The SMILES string of the molecule is CS(=O)(=O)c1ccc(C(C(N)=O)C(c2nc3ccccc3s2)C2CCCC2)cc1C#N. The van der Waals surface area contributed by atoms with Gasteiger partial charge < -0.3 is 5.73 Å². The number of hydrogen-bond acceptors (Lipinski definition) is 6. The van der Waals surface area contributed by atoms with Crippen LogP contribution in [0.25, 0.3) is 10.2 Å². The third-order valence-electron chi connectivity index (χ3n) is 6.05. The molecule has 1 aliphatic rings. The number of aromatic nitrogens is 1. The summed E-state index contributed by atoms with van der Waals surface area (Å²) in [6.07, 6.45) is 5.21. The van der Waals surface area contributed by atoms with E-state index in [1.54, 1.807) is 17.4 Å². The van der Waals surface area contributed by atoms with Crippen molar-refractivity contribution in [2.75, 3.05) is 6.26 Å². The van der Waals surface area contributed by atoms with Crippen molar-refractivity contribution in [3.63, 3.8) is 0 Å². The van der Waals surface area contributed by atoms with E-state index in [0.717, 1.165) is 47.2 Å². The van der Waals surface area contributed by atoms with E-state index in [4.69, 9.17) is 10.7 Å². The van der Waals surface area contributed by atoms with Gasteiger partial charge in [0.2, 0.25) is 5.91 Å². The molecule has 2 aromatic carbocycles. The van der Waals surface area contributed by atoms with Crippen LogP contribution in [0.4, 0.5) is 0 Å². The minimum Gasteiger partial charge on any atom is -0.369 e. The van der Waals surface area contributed by atoms with Crippen molar-refractivity contribution in [1.82, 2.24) is 4.98 Å². The molecule has 1 aliphatic carbocycles. The van der Waals surface area contributed by atoms with Crippen molar-refractivity contribution in [3.05, 3.63) is 58.6 Å². The van der Waals surface area contributed by atoms with Crippen LogP contribution in [0.3, 0.4) is 0 Å². The molecule has 4 rings (SSSR count). The third-order valence-corrected chi connectivity index (χ3v) is 8.34. The Morgan fingerprint density at radius 1 is 1.23 bits per heavy atom. The van der Waals surface area contributed by atoms with Crippen LogP contribution in [0.2, 0.25) is 0 Å². The average molecular weight is 454 g/mol. The number of nitrogens with zero attached hydrogens (tertiary/aromatic N) is 2. The predicted molar refractivity (Wildman–Crippen MR) is 121 cm³/mol. The summed E-state index contributed by atoms with van der Waals surface area (Å²) in [7, 11) is -3.56.